The van der Waals surface area contributed by atoms with Crippen molar-refractivity contribution in [3.8, 4) is 0 Å². The van der Waals surface area contributed by atoms with E-state index in [0.29, 0.717) is 30.5 Å². The molecule has 0 saturated heterocycles. The highest BCUT2D eigenvalue weighted by Gasteiger charge is 2.23. The number of aryl methyl sites for hydroxylation is 2. The van der Waals surface area contributed by atoms with Gasteiger partial charge in [0.2, 0.25) is 5.43 Å². The number of esters is 2. The number of pyridine rings is 1. The first kappa shape index (κ1) is 46.2. The van der Waals surface area contributed by atoms with Crippen molar-refractivity contribution in [3.05, 3.63) is 81.5 Å². The molecular formula is C38H49FI2N2O10. The number of aromatic nitrogens is 1. The van der Waals surface area contributed by atoms with Gasteiger partial charge in [0, 0.05) is 38.2 Å². The van der Waals surface area contributed by atoms with Crippen LogP contribution in [0.4, 0.5) is 4.39 Å². The second-order valence-electron chi connectivity index (χ2n) is 11.3. The Morgan fingerprint density at radius 1 is 0.849 bits per heavy atom. The molecule has 2 aromatic carbocycles. The van der Waals surface area contributed by atoms with Gasteiger partial charge in [0.05, 0.1) is 62.8 Å². The van der Waals surface area contributed by atoms with Crippen LogP contribution in [0.25, 0.3) is 16.7 Å². The van der Waals surface area contributed by atoms with Crippen molar-refractivity contribution < 1.29 is 48.2 Å². The Labute approximate surface area is 336 Å². The van der Waals surface area contributed by atoms with Crippen LogP contribution in [-0.2, 0) is 36.6 Å². The largest absolute Gasteiger partial charge is 0.506 e. The molecule has 0 bridgehead atoms. The van der Waals surface area contributed by atoms with Crippen LogP contribution in [0.3, 0.4) is 0 Å². The number of aliphatic hydroxyl groups excluding tert-OH is 3. The van der Waals surface area contributed by atoms with Gasteiger partial charge in [-0.25, -0.2) is 14.0 Å². The maximum absolute atomic E-state index is 14.5. The quantitative estimate of drug-likeness (QED) is 0.0439. The lowest BCUT2D eigenvalue weighted by Crippen LogP contribution is -2.26. The standard InChI is InChI=1S/C19H25FINO5.C19H24INO5/c1-4-12-7-16(20)14(8-17(12)21)18(24)15(19(25)27-6-3)9-22-13(10-23)11-26-5-2;1-4-12-7-17-14(8-16(12)20)18(23)15(19(24)26-6-3)9-21(17)13(10-22)11-25-5-2/h7-9,13,23-24H,4-6,10-11H2,1-3H3;7-9,13,22H,4-6,10-11H2,1-3H3/t2*13-/m11/s1. The normalized spacial score (nSPS) is 13.0. The minimum absolute atomic E-state index is 0.0330. The summed E-state index contributed by atoms with van der Waals surface area (Å²) in [6, 6.07) is 5.53. The van der Waals surface area contributed by atoms with E-state index in [0.717, 1.165) is 30.9 Å². The highest BCUT2D eigenvalue weighted by Crippen LogP contribution is 2.26. The first-order valence-electron chi connectivity index (χ1n) is 17.4. The summed E-state index contributed by atoms with van der Waals surface area (Å²) in [4.78, 5) is 41.4. The van der Waals surface area contributed by atoms with Crippen LogP contribution in [0, 0.1) is 13.0 Å². The van der Waals surface area contributed by atoms with Crippen molar-refractivity contribution in [2.45, 2.75) is 66.5 Å². The van der Waals surface area contributed by atoms with E-state index in [1.54, 1.807) is 31.4 Å². The lowest BCUT2D eigenvalue weighted by molar-refractivity contribution is -0.137. The van der Waals surface area contributed by atoms with Crippen molar-refractivity contribution in [2.24, 2.45) is 4.99 Å². The molecule has 292 valence electrons. The number of halogens is 3. The fourth-order valence-corrected chi connectivity index (χ4v) is 6.69. The van der Waals surface area contributed by atoms with E-state index in [-0.39, 0.29) is 61.8 Å². The van der Waals surface area contributed by atoms with Crippen LogP contribution in [0.5, 0.6) is 0 Å². The second kappa shape index (κ2) is 23.7. The van der Waals surface area contributed by atoms with Gasteiger partial charge < -0.3 is 38.8 Å². The predicted octanol–water partition coefficient (Wildman–Crippen LogP) is 6.21. The number of carbonyl (C=O) groups is 2. The lowest BCUT2D eigenvalue weighted by Gasteiger charge is -2.22. The summed E-state index contributed by atoms with van der Waals surface area (Å²) < 4.78 is 38.6. The van der Waals surface area contributed by atoms with Gasteiger partial charge in [0.1, 0.15) is 22.7 Å². The van der Waals surface area contributed by atoms with Gasteiger partial charge >= 0.3 is 11.9 Å². The first-order valence-corrected chi connectivity index (χ1v) is 19.6. The Bertz CT molecular complexity index is 1810. The number of rotatable bonds is 18. The average Bonchev–Trinajstić information content (AvgIpc) is 3.14. The van der Waals surface area contributed by atoms with Crippen molar-refractivity contribution in [3.63, 3.8) is 0 Å². The number of benzene rings is 2. The van der Waals surface area contributed by atoms with Crippen LogP contribution in [0.1, 0.15) is 74.6 Å². The number of ether oxygens (including phenoxy) is 4. The Balaban J connectivity index is 0.000000367. The number of carbonyl (C=O) groups excluding carboxylic acids is 2. The molecule has 1 aromatic heterocycles. The van der Waals surface area contributed by atoms with Crippen LogP contribution in [-0.4, -0.2) is 96.9 Å². The first-order chi connectivity index (χ1) is 25.4. The van der Waals surface area contributed by atoms with E-state index in [4.69, 9.17) is 18.9 Å². The third-order valence-corrected chi connectivity index (χ3v) is 9.87. The maximum atomic E-state index is 14.5. The molecule has 0 fully saturated rings. The number of aliphatic hydroxyl groups is 3. The second-order valence-corrected chi connectivity index (χ2v) is 13.7. The topological polar surface area (TPSA) is 166 Å². The molecule has 0 aliphatic carbocycles. The van der Waals surface area contributed by atoms with E-state index < -0.39 is 35.6 Å². The Morgan fingerprint density at radius 2 is 1.45 bits per heavy atom. The highest BCUT2D eigenvalue weighted by atomic mass is 127. The van der Waals surface area contributed by atoms with Crippen LogP contribution >= 0.6 is 45.2 Å². The molecule has 12 nitrogen and oxygen atoms in total. The minimum Gasteiger partial charge on any atom is -0.506 e. The summed E-state index contributed by atoms with van der Waals surface area (Å²) in [7, 11) is 0. The zero-order valence-electron chi connectivity index (χ0n) is 30.9. The maximum Gasteiger partial charge on any atom is 0.343 e. The summed E-state index contributed by atoms with van der Waals surface area (Å²) in [5, 5.41) is 30.2. The van der Waals surface area contributed by atoms with Gasteiger partial charge in [-0.2, -0.15) is 0 Å². The van der Waals surface area contributed by atoms with Gasteiger partial charge in [0.15, 0.2) is 0 Å². The fourth-order valence-electron chi connectivity index (χ4n) is 5.00. The van der Waals surface area contributed by atoms with Gasteiger partial charge in [0.25, 0.3) is 0 Å². The Hall–Kier alpha value is -2.97. The number of fused-ring (bicyclic) bond motifs is 1. The van der Waals surface area contributed by atoms with Gasteiger partial charge in [-0.15, -0.1) is 0 Å². The molecule has 0 saturated carbocycles. The smallest absolute Gasteiger partial charge is 0.343 e. The molecular weight excluding hydrogens is 917 g/mol. The van der Waals surface area contributed by atoms with Gasteiger partial charge in [-0.1, -0.05) is 13.8 Å². The number of hydrogen-bond acceptors (Lipinski definition) is 11. The van der Waals surface area contributed by atoms with E-state index in [1.807, 2.05) is 49.4 Å². The molecule has 0 unspecified atom stereocenters. The lowest BCUT2D eigenvalue weighted by atomic mass is 10.0. The molecule has 15 heteroatoms. The van der Waals surface area contributed by atoms with Gasteiger partial charge in [-0.3, -0.25) is 9.79 Å². The molecule has 3 N–H and O–H groups in total. The predicted molar refractivity (Wildman–Crippen MR) is 219 cm³/mol. The van der Waals surface area contributed by atoms with E-state index in [1.165, 1.54) is 18.3 Å². The van der Waals surface area contributed by atoms with Crippen LogP contribution in [0.2, 0.25) is 0 Å². The van der Waals surface area contributed by atoms with Crippen molar-refractivity contribution in [2.75, 3.05) is 52.9 Å². The SMILES string of the molecule is CCOC[C@@H](CO)N=CC(C(=O)OCC)=C(O)c1cc(I)c(CC)cc1F.CCOC[C@@H](CO)n1cc(C(=O)OCC)c(=O)c2cc(I)c(CC)cc21. The molecule has 3 rings (SSSR count). The molecule has 1 heterocycles. The van der Waals surface area contributed by atoms with E-state index in [2.05, 4.69) is 27.6 Å². The molecule has 0 aliphatic rings. The zero-order valence-corrected chi connectivity index (χ0v) is 35.2. The van der Waals surface area contributed by atoms with Gasteiger partial charge in [-0.05, 0) is 121 Å². The molecule has 53 heavy (non-hydrogen) atoms. The summed E-state index contributed by atoms with van der Waals surface area (Å²) >= 11 is 4.24. The van der Waals surface area contributed by atoms with Crippen LogP contribution in [0.15, 0.2) is 45.8 Å². The monoisotopic (exact) mass is 966 g/mol. The minimum atomic E-state index is -0.833. The Morgan fingerprint density at radius 3 is 2.02 bits per heavy atom. The molecule has 0 spiro atoms. The highest BCUT2D eigenvalue weighted by molar-refractivity contribution is 14.1. The fraction of sp³-hybridized carbons (Fsp3) is 0.474. The van der Waals surface area contributed by atoms with Crippen molar-refractivity contribution in [1.82, 2.24) is 4.57 Å². The van der Waals surface area contributed by atoms with Crippen molar-refractivity contribution in [1.29, 1.82) is 0 Å². The number of aliphatic imine (C=N–C) groups is 1. The summed E-state index contributed by atoms with van der Waals surface area (Å²) in [6.07, 6.45) is 4.03. The third-order valence-electron chi connectivity index (χ3n) is 7.86. The zero-order chi connectivity index (χ0) is 39.7. The summed E-state index contributed by atoms with van der Waals surface area (Å²) in [6.45, 7) is 12.1. The van der Waals surface area contributed by atoms with E-state index >= 15 is 0 Å². The summed E-state index contributed by atoms with van der Waals surface area (Å²) in [5.74, 6) is -2.70. The molecule has 2 atom stereocenters. The third kappa shape index (κ3) is 12.8. The van der Waals surface area contributed by atoms with E-state index in [9.17, 15) is 34.1 Å². The summed E-state index contributed by atoms with van der Waals surface area (Å²) in [5.41, 5.74) is 1.79. The van der Waals surface area contributed by atoms with Crippen molar-refractivity contribution >= 4 is 80.0 Å². The molecule has 0 radical (unpaired) electrons. The number of hydrogen-bond donors (Lipinski definition) is 3. The molecule has 3 aromatic rings. The Kier molecular flexibility index (Phi) is 20.7. The average molecular weight is 967 g/mol. The molecule has 0 amide bonds. The number of nitrogens with zero attached hydrogens (tertiary/aromatic N) is 2. The molecule has 0 aliphatic heterocycles. The van der Waals surface area contributed by atoms with Crippen LogP contribution < -0.4 is 5.43 Å².